The van der Waals surface area contributed by atoms with E-state index < -0.39 is 28.5 Å². The number of amides is 2. The molecule has 0 unspecified atom stereocenters. The molecule has 0 saturated heterocycles. The Kier molecular flexibility index (Phi) is 8.88. The SMILES string of the molecule is CC[C@H](C(=O)NC)N(CCc1ccccc1)C(=O)CN(c1ccc(Cl)cc1)S(C)(=O)=O. The van der Waals surface area contributed by atoms with Crippen LogP contribution in [0, 0.1) is 0 Å². The van der Waals surface area contributed by atoms with Crippen molar-refractivity contribution in [2.45, 2.75) is 25.8 Å². The number of benzene rings is 2. The highest BCUT2D eigenvalue weighted by atomic mass is 35.5. The van der Waals surface area contributed by atoms with Gasteiger partial charge in [0, 0.05) is 18.6 Å². The van der Waals surface area contributed by atoms with Gasteiger partial charge in [0.15, 0.2) is 0 Å². The average Bonchev–Trinajstić information content (AvgIpc) is 2.75. The van der Waals surface area contributed by atoms with Crippen molar-refractivity contribution >= 4 is 39.1 Å². The number of sulfonamides is 1. The van der Waals surface area contributed by atoms with Gasteiger partial charge in [-0.15, -0.1) is 0 Å². The lowest BCUT2D eigenvalue weighted by Gasteiger charge is -2.32. The molecule has 7 nitrogen and oxygen atoms in total. The Morgan fingerprint density at radius 2 is 1.68 bits per heavy atom. The van der Waals surface area contributed by atoms with Crippen molar-refractivity contribution in [2.24, 2.45) is 0 Å². The first-order chi connectivity index (χ1) is 14.7. The molecule has 31 heavy (non-hydrogen) atoms. The standard InChI is InChI=1S/C22H28ClN3O4S/c1-4-20(22(28)24-2)25(15-14-17-8-6-5-7-9-17)21(27)16-26(31(3,29)30)19-12-10-18(23)11-13-19/h5-13,20H,4,14-16H2,1-3H3,(H,24,28)/t20-/m1/s1. The van der Waals surface area contributed by atoms with Gasteiger partial charge in [-0.25, -0.2) is 8.42 Å². The molecular formula is C22H28ClN3O4S. The summed E-state index contributed by atoms with van der Waals surface area (Å²) in [5.41, 5.74) is 1.35. The molecule has 2 aromatic rings. The maximum Gasteiger partial charge on any atom is 0.244 e. The third-order valence-corrected chi connectivity index (χ3v) is 6.30. The molecule has 0 spiro atoms. The monoisotopic (exact) mass is 465 g/mol. The van der Waals surface area contributed by atoms with Gasteiger partial charge in [0.05, 0.1) is 11.9 Å². The number of hydrogen-bond donors (Lipinski definition) is 1. The third kappa shape index (κ3) is 6.97. The maximum atomic E-state index is 13.3. The highest BCUT2D eigenvalue weighted by Crippen LogP contribution is 2.21. The summed E-state index contributed by atoms with van der Waals surface area (Å²) < 4.78 is 25.9. The molecule has 9 heteroatoms. The Morgan fingerprint density at radius 3 is 2.19 bits per heavy atom. The third-order valence-electron chi connectivity index (χ3n) is 4.91. The van der Waals surface area contributed by atoms with E-state index in [0.717, 1.165) is 16.1 Å². The van der Waals surface area contributed by atoms with Crippen LogP contribution in [0.5, 0.6) is 0 Å². The summed E-state index contributed by atoms with van der Waals surface area (Å²) in [5.74, 6) is -0.743. The van der Waals surface area contributed by atoms with Crippen LogP contribution < -0.4 is 9.62 Å². The molecule has 0 aromatic heterocycles. The molecule has 1 N–H and O–H groups in total. The zero-order valence-corrected chi connectivity index (χ0v) is 19.5. The molecule has 2 aromatic carbocycles. The Balaban J connectivity index is 2.32. The summed E-state index contributed by atoms with van der Waals surface area (Å²) in [6.07, 6.45) is 1.99. The van der Waals surface area contributed by atoms with Gasteiger partial charge in [-0.05, 0) is 42.7 Å². The lowest BCUT2D eigenvalue weighted by Crippen LogP contribution is -2.52. The Morgan fingerprint density at radius 1 is 1.06 bits per heavy atom. The van der Waals surface area contributed by atoms with Gasteiger partial charge in [0.2, 0.25) is 21.8 Å². The van der Waals surface area contributed by atoms with E-state index in [1.54, 1.807) is 24.3 Å². The van der Waals surface area contributed by atoms with Crippen molar-refractivity contribution in [3.63, 3.8) is 0 Å². The molecule has 0 aliphatic carbocycles. The molecule has 0 heterocycles. The summed E-state index contributed by atoms with van der Waals surface area (Å²) in [7, 11) is -2.23. The van der Waals surface area contributed by atoms with Crippen molar-refractivity contribution < 1.29 is 18.0 Å². The lowest BCUT2D eigenvalue weighted by molar-refractivity contribution is -0.139. The number of anilines is 1. The zero-order valence-electron chi connectivity index (χ0n) is 17.9. The minimum atomic E-state index is -3.74. The first-order valence-corrected chi connectivity index (χ1v) is 12.2. The maximum absolute atomic E-state index is 13.3. The fourth-order valence-corrected chi connectivity index (χ4v) is 4.26. The van der Waals surface area contributed by atoms with Crippen molar-refractivity contribution in [3.8, 4) is 0 Å². The van der Waals surface area contributed by atoms with Crippen LogP contribution in [0.1, 0.15) is 18.9 Å². The van der Waals surface area contributed by atoms with Gasteiger partial charge < -0.3 is 10.2 Å². The van der Waals surface area contributed by atoms with Crippen LogP contribution in [0.15, 0.2) is 54.6 Å². The summed E-state index contributed by atoms with van der Waals surface area (Å²) in [4.78, 5) is 27.2. The van der Waals surface area contributed by atoms with Gasteiger partial charge in [-0.1, -0.05) is 48.9 Å². The summed E-state index contributed by atoms with van der Waals surface area (Å²) in [6.45, 7) is 1.69. The Labute approximate surface area is 189 Å². The molecule has 0 aliphatic rings. The normalized spacial score (nSPS) is 12.1. The predicted molar refractivity (Wildman–Crippen MR) is 124 cm³/mol. The highest BCUT2D eigenvalue weighted by Gasteiger charge is 2.30. The lowest BCUT2D eigenvalue weighted by atomic mass is 10.1. The summed E-state index contributed by atoms with van der Waals surface area (Å²) in [6, 6.07) is 15.1. The molecule has 0 aliphatic heterocycles. The number of nitrogens with one attached hydrogen (secondary N) is 1. The first kappa shape index (κ1) is 24.7. The highest BCUT2D eigenvalue weighted by molar-refractivity contribution is 7.92. The van der Waals surface area contributed by atoms with E-state index in [1.807, 2.05) is 37.3 Å². The van der Waals surface area contributed by atoms with E-state index in [9.17, 15) is 18.0 Å². The molecular weight excluding hydrogens is 438 g/mol. The van der Waals surface area contributed by atoms with Crippen molar-refractivity contribution in [2.75, 3.05) is 30.7 Å². The number of carbonyl (C=O) groups excluding carboxylic acids is 2. The minimum Gasteiger partial charge on any atom is -0.357 e. The minimum absolute atomic E-state index is 0.285. The number of likely N-dealkylation sites (N-methyl/N-ethyl adjacent to an activating group) is 1. The fourth-order valence-electron chi connectivity index (χ4n) is 3.28. The summed E-state index contributed by atoms with van der Waals surface area (Å²) in [5, 5.41) is 3.05. The largest absolute Gasteiger partial charge is 0.357 e. The molecule has 0 bridgehead atoms. The van der Waals surface area contributed by atoms with Crippen molar-refractivity contribution in [3.05, 3.63) is 65.2 Å². The van der Waals surface area contributed by atoms with Gasteiger partial charge >= 0.3 is 0 Å². The van der Waals surface area contributed by atoms with Crippen LogP contribution in [-0.2, 0) is 26.0 Å². The van der Waals surface area contributed by atoms with E-state index in [2.05, 4.69) is 5.32 Å². The number of halogens is 1. The Hall–Kier alpha value is -2.58. The fraction of sp³-hybridized carbons (Fsp3) is 0.364. The number of rotatable bonds is 10. The quantitative estimate of drug-likeness (QED) is 0.584. The average molecular weight is 466 g/mol. The van der Waals surface area contributed by atoms with Crippen LogP contribution >= 0.6 is 11.6 Å². The zero-order chi connectivity index (χ0) is 23.0. The molecule has 0 fully saturated rings. The Bertz CT molecular complexity index is 982. The van der Waals surface area contributed by atoms with Gasteiger partial charge in [-0.2, -0.15) is 0 Å². The van der Waals surface area contributed by atoms with Crippen molar-refractivity contribution in [1.82, 2.24) is 10.2 Å². The number of nitrogens with zero attached hydrogens (tertiary/aromatic N) is 2. The number of carbonyl (C=O) groups is 2. The predicted octanol–water partition coefficient (Wildman–Crippen LogP) is 2.70. The van der Waals surface area contributed by atoms with Crippen molar-refractivity contribution in [1.29, 1.82) is 0 Å². The number of hydrogen-bond acceptors (Lipinski definition) is 4. The van der Waals surface area contributed by atoms with Crippen LogP contribution in [-0.4, -0.2) is 57.6 Å². The molecule has 2 amide bonds. The molecule has 2 rings (SSSR count). The van der Waals surface area contributed by atoms with Crippen LogP contribution in [0.4, 0.5) is 5.69 Å². The second-order valence-corrected chi connectivity index (χ2v) is 9.45. The topological polar surface area (TPSA) is 86.8 Å². The van der Waals surface area contributed by atoms with Crippen LogP contribution in [0.3, 0.4) is 0 Å². The van der Waals surface area contributed by atoms with E-state index in [0.29, 0.717) is 23.6 Å². The van der Waals surface area contributed by atoms with Crippen LogP contribution in [0.25, 0.3) is 0 Å². The van der Waals surface area contributed by atoms with Gasteiger partial charge in [0.1, 0.15) is 12.6 Å². The second kappa shape index (κ2) is 11.2. The van der Waals surface area contributed by atoms with Gasteiger partial charge in [0.25, 0.3) is 0 Å². The van der Waals surface area contributed by atoms with Crippen LogP contribution in [0.2, 0.25) is 5.02 Å². The van der Waals surface area contributed by atoms with Gasteiger partial charge in [-0.3, -0.25) is 13.9 Å². The first-order valence-electron chi connectivity index (χ1n) is 9.95. The van der Waals surface area contributed by atoms with E-state index in [-0.39, 0.29) is 12.5 Å². The van der Waals surface area contributed by atoms with E-state index in [4.69, 9.17) is 11.6 Å². The van der Waals surface area contributed by atoms with E-state index in [1.165, 1.54) is 11.9 Å². The second-order valence-electron chi connectivity index (χ2n) is 7.11. The van der Waals surface area contributed by atoms with E-state index >= 15 is 0 Å². The summed E-state index contributed by atoms with van der Waals surface area (Å²) >= 11 is 5.91. The smallest absolute Gasteiger partial charge is 0.244 e. The molecule has 0 saturated carbocycles. The molecule has 1 atom stereocenters. The molecule has 168 valence electrons. The molecule has 0 radical (unpaired) electrons.